The van der Waals surface area contributed by atoms with Gasteiger partial charge in [-0.3, -0.25) is 9.20 Å². The van der Waals surface area contributed by atoms with Crippen molar-refractivity contribution >= 4 is 22.9 Å². The smallest absolute Gasteiger partial charge is 0.254 e. The number of fused-ring (bicyclic) bond motifs is 1. The first-order valence-corrected chi connectivity index (χ1v) is 12.6. The van der Waals surface area contributed by atoms with E-state index in [1.807, 2.05) is 35.4 Å². The molecule has 6 rings (SSSR count). The Hall–Kier alpha value is -3.17. The molecule has 184 valence electrons. The van der Waals surface area contributed by atoms with Crippen LogP contribution in [0.1, 0.15) is 47.8 Å². The van der Waals surface area contributed by atoms with Crippen molar-refractivity contribution in [1.82, 2.24) is 24.2 Å². The lowest BCUT2D eigenvalue weighted by molar-refractivity contribution is 0.0303. The summed E-state index contributed by atoms with van der Waals surface area (Å²) in [6.45, 7) is 4.72. The van der Waals surface area contributed by atoms with Gasteiger partial charge >= 0.3 is 0 Å². The molecule has 9 nitrogen and oxygen atoms in total. The van der Waals surface area contributed by atoms with Crippen LogP contribution in [-0.4, -0.2) is 82.6 Å². The summed E-state index contributed by atoms with van der Waals surface area (Å²) in [5, 5.41) is 3.46. The van der Waals surface area contributed by atoms with Gasteiger partial charge in [0.1, 0.15) is 5.82 Å². The van der Waals surface area contributed by atoms with E-state index in [1.165, 1.54) is 12.8 Å². The van der Waals surface area contributed by atoms with Crippen molar-refractivity contribution in [3.05, 3.63) is 48.0 Å². The first kappa shape index (κ1) is 22.3. The minimum Gasteiger partial charge on any atom is -0.479 e. The third-order valence-corrected chi connectivity index (χ3v) is 7.39. The Labute approximate surface area is 205 Å². The molecular formula is C26H32N6O3. The number of carbonyl (C=O) groups excluding carboxylic acids is 1. The Morgan fingerprint density at radius 3 is 2.49 bits per heavy atom. The van der Waals surface area contributed by atoms with Crippen LogP contribution in [-0.2, 0) is 4.74 Å². The topological polar surface area (TPSA) is 84.2 Å². The molecule has 1 aliphatic carbocycles. The molecule has 3 aliphatic rings. The maximum absolute atomic E-state index is 12.8. The molecule has 1 N–H and O–H groups in total. The molecule has 1 saturated carbocycles. The first-order valence-electron chi connectivity index (χ1n) is 12.6. The summed E-state index contributed by atoms with van der Waals surface area (Å²) in [6.07, 6.45) is 8.67. The zero-order chi connectivity index (χ0) is 23.8. The molecular weight excluding hydrogens is 444 g/mol. The SMILES string of the molecule is COc1nccn2c(C3CCN(C4CC4)CC3)nc(Nc3ccc(C(=O)N4CCOCC4)cc3)c12. The largest absolute Gasteiger partial charge is 0.479 e. The predicted molar refractivity (Wildman–Crippen MR) is 133 cm³/mol. The van der Waals surface area contributed by atoms with Crippen LogP contribution in [0.2, 0.25) is 0 Å². The highest BCUT2D eigenvalue weighted by Crippen LogP contribution is 2.37. The van der Waals surface area contributed by atoms with E-state index >= 15 is 0 Å². The predicted octanol–water partition coefficient (Wildman–Crippen LogP) is 3.30. The van der Waals surface area contributed by atoms with Gasteiger partial charge in [-0.1, -0.05) is 0 Å². The van der Waals surface area contributed by atoms with Gasteiger partial charge in [0.05, 0.1) is 20.3 Å². The highest BCUT2D eigenvalue weighted by Gasteiger charge is 2.34. The van der Waals surface area contributed by atoms with Crippen molar-refractivity contribution < 1.29 is 14.3 Å². The second-order valence-electron chi connectivity index (χ2n) is 9.62. The quantitative estimate of drug-likeness (QED) is 0.584. The van der Waals surface area contributed by atoms with E-state index in [1.54, 1.807) is 13.3 Å². The van der Waals surface area contributed by atoms with Gasteiger partial charge in [-0.15, -0.1) is 0 Å². The van der Waals surface area contributed by atoms with Crippen molar-refractivity contribution in [3.63, 3.8) is 0 Å². The van der Waals surface area contributed by atoms with Crippen molar-refractivity contribution in [2.45, 2.75) is 37.6 Å². The lowest BCUT2D eigenvalue weighted by atomic mass is 9.96. The maximum Gasteiger partial charge on any atom is 0.254 e. The standard InChI is InChI=1S/C26H32N6O3/c1-34-25-22-23(28-20-4-2-19(3-5-20)26(33)31-14-16-35-17-15-31)29-24(32(22)13-10-27-25)18-8-11-30(12-9-18)21-6-7-21/h2-5,10,13,18,21,28H,6-9,11-12,14-17H2,1H3. The normalized spacial score (nSPS) is 19.7. The summed E-state index contributed by atoms with van der Waals surface area (Å²) >= 11 is 0. The molecule has 1 aromatic carbocycles. The summed E-state index contributed by atoms with van der Waals surface area (Å²) in [4.78, 5) is 26.7. The van der Waals surface area contributed by atoms with E-state index in [2.05, 4.69) is 19.6 Å². The van der Waals surface area contributed by atoms with Crippen LogP contribution >= 0.6 is 0 Å². The number of likely N-dealkylation sites (tertiary alicyclic amines) is 1. The lowest BCUT2D eigenvalue weighted by Gasteiger charge is -2.31. The fraction of sp³-hybridized carbons (Fsp3) is 0.500. The van der Waals surface area contributed by atoms with Crippen LogP contribution in [0.4, 0.5) is 11.5 Å². The number of imidazole rings is 1. The highest BCUT2D eigenvalue weighted by atomic mass is 16.5. The van der Waals surface area contributed by atoms with Crippen molar-refractivity contribution in [1.29, 1.82) is 0 Å². The van der Waals surface area contributed by atoms with Gasteiger partial charge < -0.3 is 24.6 Å². The van der Waals surface area contributed by atoms with E-state index in [0.29, 0.717) is 43.7 Å². The van der Waals surface area contributed by atoms with E-state index in [-0.39, 0.29) is 5.91 Å². The number of benzene rings is 1. The second kappa shape index (κ2) is 9.47. The van der Waals surface area contributed by atoms with E-state index in [9.17, 15) is 4.79 Å². The zero-order valence-electron chi connectivity index (χ0n) is 20.2. The molecule has 2 saturated heterocycles. The van der Waals surface area contributed by atoms with Gasteiger partial charge in [-0.2, -0.15) is 0 Å². The minimum atomic E-state index is 0.0398. The lowest BCUT2D eigenvalue weighted by Crippen LogP contribution is -2.40. The third-order valence-electron chi connectivity index (χ3n) is 7.39. The Balaban J connectivity index is 1.25. The Morgan fingerprint density at radius 2 is 1.80 bits per heavy atom. The molecule has 35 heavy (non-hydrogen) atoms. The monoisotopic (exact) mass is 476 g/mol. The Bertz CT molecular complexity index is 1190. The molecule has 4 heterocycles. The van der Waals surface area contributed by atoms with Gasteiger partial charge in [0.2, 0.25) is 5.88 Å². The number of hydrogen-bond donors (Lipinski definition) is 1. The number of rotatable bonds is 6. The van der Waals surface area contributed by atoms with Crippen LogP contribution in [0.5, 0.6) is 5.88 Å². The van der Waals surface area contributed by atoms with Crippen LogP contribution < -0.4 is 10.1 Å². The molecule has 3 fully saturated rings. The average Bonchev–Trinajstić information content (AvgIpc) is 3.71. The van der Waals surface area contributed by atoms with E-state index in [4.69, 9.17) is 14.5 Å². The highest BCUT2D eigenvalue weighted by molar-refractivity contribution is 5.94. The summed E-state index contributed by atoms with van der Waals surface area (Å²) < 4.78 is 13.1. The molecule has 2 aliphatic heterocycles. The number of carbonyl (C=O) groups is 1. The fourth-order valence-corrected chi connectivity index (χ4v) is 5.30. The molecule has 0 spiro atoms. The first-order chi connectivity index (χ1) is 17.2. The Morgan fingerprint density at radius 1 is 1.06 bits per heavy atom. The van der Waals surface area contributed by atoms with Gasteiger partial charge in [0, 0.05) is 48.7 Å². The number of hydrogen-bond acceptors (Lipinski definition) is 7. The number of amides is 1. The number of aromatic nitrogens is 3. The van der Waals surface area contributed by atoms with Crippen molar-refractivity contribution in [2.24, 2.45) is 0 Å². The molecule has 0 radical (unpaired) electrons. The number of morpholine rings is 1. The van der Waals surface area contributed by atoms with Gasteiger partial charge in [-0.05, 0) is 63.0 Å². The van der Waals surface area contributed by atoms with Gasteiger partial charge in [0.25, 0.3) is 5.91 Å². The zero-order valence-corrected chi connectivity index (χ0v) is 20.2. The van der Waals surface area contributed by atoms with Crippen molar-refractivity contribution in [2.75, 3.05) is 51.8 Å². The summed E-state index contributed by atoms with van der Waals surface area (Å²) in [5.74, 6) is 2.76. The maximum atomic E-state index is 12.8. The summed E-state index contributed by atoms with van der Waals surface area (Å²) in [7, 11) is 1.64. The minimum absolute atomic E-state index is 0.0398. The third kappa shape index (κ3) is 4.46. The van der Waals surface area contributed by atoms with E-state index in [0.717, 1.165) is 54.8 Å². The number of methoxy groups -OCH3 is 1. The number of piperidine rings is 1. The van der Waals surface area contributed by atoms with Crippen LogP contribution in [0.15, 0.2) is 36.7 Å². The molecule has 2 aromatic heterocycles. The summed E-state index contributed by atoms with van der Waals surface area (Å²) in [5.41, 5.74) is 2.38. The molecule has 1 amide bonds. The molecule has 0 unspecified atom stereocenters. The number of nitrogens with one attached hydrogen (secondary N) is 1. The van der Waals surface area contributed by atoms with Gasteiger partial charge in [-0.25, -0.2) is 9.97 Å². The van der Waals surface area contributed by atoms with Crippen LogP contribution in [0.25, 0.3) is 5.52 Å². The molecule has 0 atom stereocenters. The molecule has 0 bridgehead atoms. The second-order valence-corrected chi connectivity index (χ2v) is 9.62. The molecule has 9 heteroatoms. The number of nitrogens with zero attached hydrogens (tertiary/aromatic N) is 5. The average molecular weight is 477 g/mol. The van der Waals surface area contributed by atoms with Crippen molar-refractivity contribution in [3.8, 4) is 5.88 Å². The fourth-order valence-electron chi connectivity index (χ4n) is 5.30. The van der Waals surface area contributed by atoms with Gasteiger partial charge in [0.15, 0.2) is 11.3 Å². The summed E-state index contributed by atoms with van der Waals surface area (Å²) in [6, 6.07) is 8.39. The number of anilines is 2. The van der Waals surface area contributed by atoms with Crippen LogP contribution in [0, 0.1) is 0 Å². The number of ether oxygens (including phenoxy) is 2. The van der Waals surface area contributed by atoms with Crippen LogP contribution in [0.3, 0.4) is 0 Å². The molecule has 3 aromatic rings. The van der Waals surface area contributed by atoms with E-state index < -0.39 is 0 Å². The Kier molecular flexibility index (Phi) is 6.03.